The molecule has 0 bridgehead atoms. The standard InChI is InChI=1S/2C15H13N3O4S.Cu/c2*1-18-13(15(20)17-12-8-4-5-9-16-12)14(19)10-6-2-3-7-11(10)23(18,21)22;/h2*2-9,20H,1H3,(H,16,17);/b2*15-13-;. The Bertz CT molecular complexity index is 1970. The molecule has 0 fully saturated rings. The smallest absolute Gasteiger partial charge is 0.265 e. The van der Waals surface area contributed by atoms with Gasteiger partial charge in [0.25, 0.3) is 20.0 Å². The third-order valence-corrected chi connectivity index (χ3v) is 10.5. The van der Waals surface area contributed by atoms with Gasteiger partial charge in [0.2, 0.25) is 23.3 Å². The Hall–Kier alpha value is -5.22. The fourth-order valence-electron chi connectivity index (χ4n) is 4.58. The van der Waals surface area contributed by atoms with Gasteiger partial charge in [-0.15, -0.1) is 0 Å². The second kappa shape index (κ2) is 13.6. The van der Waals surface area contributed by atoms with Gasteiger partial charge in [-0.2, -0.15) is 0 Å². The Morgan fingerprint density at radius 1 is 0.596 bits per heavy atom. The van der Waals surface area contributed by atoms with Crippen LogP contribution in [0.3, 0.4) is 0 Å². The van der Waals surface area contributed by atoms with Gasteiger partial charge in [0.15, 0.2) is 11.4 Å². The van der Waals surface area contributed by atoms with Crippen molar-refractivity contribution in [3.63, 3.8) is 0 Å². The number of Topliss-reactive ketones (excluding diaryl/α,β-unsaturated/α-hetero) is 2. The number of rotatable bonds is 4. The number of hydrogen-bond donors (Lipinski definition) is 4. The van der Waals surface area contributed by atoms with Crippen LogP contribution in [0.25, 0.3) is 0 Å². The fourth-order valence-corrected chi connectivity index (χ4v) is 7.37. The molecule has 2 aromatic carbocycles. The largest absolute Gasteiger partial charge is 0.493 e. The molecule has 2 aromatic heterocycles. The van der Waals surface area contributed by atoms with Crippen molar-refractivity contribution in [1.82, 2.24) is 18.6 Å². The molecule has 247 valence electrons. The molecule has 4 N–H and O–H groups in total. The monoisotopic (exact) mass is 725 g/mol. The summed E-state index contributed by atoms with van der Waals surface area (Å²) >= 11 is 0. The van der Waals surface area contributed by atoms with E-state index in [1.54, 1.807) is 48.5 Å². The van der Waals surface area contributed by atoms with E-state index < -0.39 is 43.4 Å². The molecule has 2 aliphatic rings. The van der Waals surface area contributed by atoms with Crippen molar-refractivity contribution in [1.29, 1.82) is 0 Å². The van der Waals surface area contributed by atoms with E-state index in [9.17, 15) is 36.6 Å². The number of carbonyl (C=O) groups excluding carboxylic acids is 2. The molecule has 0 saturated carbocycles. The van der Waals surface area contributed by atoms with Crippen LogP contribution in [-0.2, 0) is 37.1 Å². The van der Waals surface area contributed by atoms with Gasteiger partial charge < -0.3 is 20.8 Å². The Morgan fingerprint density at radius 2 is 0.936 bits per heavy atom. The quantitative estimate of drug-likeness (QED) is 0.136. The van der Waals surface area contributed by atoms with Crippen LogP contribution in [-0.4, -0.2) is 71.3 Å². The van der Waals surface area contributed by atoms with Gasteiger partial charge in [0.1, 0.15) is 11.6 Å². The zero-order chi connectivity index (χ0) is 33.2. The summed E-state index contributed by atoms with van der Waals surface area (Å²) in [6.45, 7) is 0. The van der Waals surface area contributed by atoms with Crippen molar-refractivity contribution in [2.45, 2.75) is 9.79 Å². The third kappa shape index (κ3) is 6.55. The van der Waals surface area contributed by atoms with E-state index >= 15 is 0 Å². The first kappa shape index (κ1) is 34.6. The summed E-state index contributed by atoms with van der Waals surface area (Å²) in [5.74, 6) is -1.74. The fraction of sp³-hybridized carbons (Fsp3) is 0.0667. The molecule has 0 saturated heterocycles. The van der Waals surface area contributed by atoms with Crippen LogP contribution in [0.15, 0.2) is 130 Å². The molecule has 14 nitrogen and oxygen atoms in total. The zero-order valence-corrected chi connectivity index (χ0v) is 27.1. The molecular formula is C30H26CuN6O8S2. The number of fused-ring (bicyclic) bond motifs is 2. The number of benzene rings is 2. The molecule has 0 unspecified atom stereocenters. The Balaban J connectivity index is 0.000000208. The van der Waals surface area contributed by atoms with Crippen molar-refractivity contribution in [2.75, 3.05) is 24.7 Å². The third-order valence-electron chi connectivity index (χ3n) is 6.87. The molecule has 0 spiro atoms. The van der Waals surface area contributed by atoms with Crippen molar-refractivity contribution in [3.05, 3.63) is 132 Å². The van der Waals surface area contributed by atoms with Gasteiger partial charge in [-0.25, -0.2) is 26.8 Å². The van der Waals surface area contributed by atoms with Gasteiger partial charge >= 0.3 is 0 Å². The summed E-state index contributed by atoms with van der Waals surface area (Å²) in [7, 11) is -5.38. The summed E-state index contributed by atoms with van der Waals surface area (Å²) in [6.07, 6.45) is 3.00. The van der Waals surface area contributed by atoms with Crippen molar-refractivity contribution in [2.24, 2.45) is 0 Å². The molecule has 0 aliphatic carbocycles. The van der Waals surface area contributed by atoms with E-state index in [1.807, 2.05) is 0 Å². The zero-order valence-electron chi connectivity index (χ0n) is 24.5. The van der Waals surface area contributed by atoms with E-state index in [0.717, 1.165) is 8.61 Å². The number of ketones is 2. The molecule has 1 radical (unpaired) electrons. The number of allylic oxidation sites excluding steroid dienone is 2. The normalized spacial score (nSPS) is 17.9. The Kier molecular flexibility index (Phi) is 10.1. The molecule has 2 aliphatic heterocycles. The van der Waals surface area contributed by atoms with Crippen LogP contribution < -0.4 is 10.6 Å². The average molecular weight is 726 g/mol. The second-order valence-electron chi connectivity index (χ2n) is 9.67. The Morgan fingerprint density at radius 3 is 1.28 bits per heavy atom. The summed E-state index contributed by atoms with van der Waals surface area (Å²) in [6, 6.07) is 21.7. The number of aromatic nitrogens is 2. The molecule has 0 atom stereocenters. The van der Waals surface area contributed by atoms with Gasteiger partial charge in [0.05, 0.1) is 9.79 Å². The maximum Gasteiger partial charge on any atom is 0.265 e. The van der Waals surface area contributed by atoms with E-state index in [2.05, 4.69) is 20.6 Å². The van der Waals surface area contributed by atoms with Crippen LogP contribution in [0.1, 0.15) is 20.7 Å². The SMILES string of the molecule is CN1/C(=C(\O)Nc2ccccn2)C(=O)c2ccccc2S1(=O)=O.CN1/C(=C(\O)Nc2ccccn2)C(=O)c2ccccc2S1(=O)=O.[Cu]. The first-order valence-electron chi connectivity index (χ1n) is 13.3. The number of pyridine rings is 2. The summed E-state index contributed by atoms with van der Waals surface area (Å²) in [4.78, 5) is 32.9. The van der Waals surface area contributed by atoms with Gasteiger partial charge in [-0.1, -0.05) is 36.4 Å². The maximum atomic E-state index is 12.6. The van der Waals surface area contributed by atoms with E-state index in [1.165, 1.54) is 62.9 Å². The maximum absolute atomic E-state index is 12.6. The number of aliphatic hydroxyl groups excluding tert-OH is 2. The van der Waals surface area contributed by atoms with Crippen LogP contribution in [0.5, 0.6) is 0 Å². The van der Waals surface area contributed by atoms with E-state index in [-0.39, 0.29) is 61.0 Å². The summed E-state index contributed by atoms with van der Waals surface area (Å²) in [5.41, 5.74) is -0.659. The van der Waals surface area contributed by atoms with Gasteiger partial charge in [-0.3, -0.25) is 18.2 Å². The van der Waals surface area contributed by atoms with Crippen LogP contribution >= 0.6 is 0 Å². The number of hydrogen-bond acceptors (Lipinski definition) is 12. The average Bonchev–Trinajstić information content (AvgIpc) is 3.05. The topological polar surface area (TPSA) is 199 Å². The van der Waals surface area contributed by atoms with Crippen LogP contribution in [0, 0.1) is 0 Å². The van der Waals surface area contributed by atoms with Gasteiger partial charge in [-0.05, 0) is 48.5 Å². The van der Waals surface area contributed by atoms with Crippen LogP contribution in [0.2, 0.25) is 0 Å². The molecule has 17 heteroatoms. The minimum atomic E-state index is -3.91. The van der Waals surface area contributed by atoms with E-state index in [4.69, 9.17) is 0 Å². The van der Waals surface area contributed by atoms with E-state index in [0.29, 0.717) is 0 Å². The van der Waals surface area contributed by atoms with Crippen molar-refractivity contribution >= 4 is 43.2 Å². The van der Waals surface area contributed by atoms with Gasteiger partial charge in [0, 0.05) is 54.7 Å². The Labute approximate surface area is 280 Å². The summed E-state index contributed by atoms with van der Waals surface area (Å²) in [5, 5.41) is 25.5. The number of likely N-dealkylation sites (N-methyl/N-ethyl adjacent to an activating group) is 2. The van der Waals surface area contributed by atoms with Crippen LogP contribution in [0.4, 0.5) is 11.6 Å². The first-order chi connectivity index (χ1) is 21.9. The number of nitrogens with zero attached hydrogens (tertiary/aromatic N) is 4. The molecule has 0 amide bonds. The predicted molar refractivity (Wildman–Crippen MR) is 166 cm³/mol. The van der Waals surface area contributed by atoms with Crippen molar-refractivity contribution < 1.29 is 53.7 Å². The molecular weight excluding hydrogens is 700 g/mol. The number of nitrogens with one attached hydrogen (secondary N) is 2. The first-order valence-corrected chi connectivity index (χ1v) is 16.2. The molecule has 4 aromatic rings. The minimum absolute atomic E-state index is 0. The number of anilines is 2. The van der Waals surface area contributed by atoms with Crippen molar-refractivity contribution in [3.8, 4) is 0 Å². The molecule has 47 heavy (non-hydrogen) atoms. The predicted octanol–water partition coefficient (Wildman–Crippen LogP) is 3.47. The second-order valence-corrected chi connectivity index (χ2v) is 13.5. The summed E-state index contributed by atoms with van der Waals surface area (Å²) < 4.78 is 51.5. The molecule has 6 rings (SSSR count). The number of aliphatic hydroxyl groups is 2. The minimum Gasteiger partial charge on any atom is -0.493 e. The number of carbonyl (C=O) groups is 2. The molecule has 4 heterocycles. The number of sulfonamides is 2.